The Hall–Kier alpha value is -3.14. The fourth-order valence-corrected chi connectivity index (χ4v) is 3.78. The van der Waals surface area contributed by atoms with Crippen molar-refractivity contribution >= 4 is 11.7 Å². The van der Waals surface area contributed by atoms with E-state index in [9.17, 15) is 4.79 Å². The minimum Gasteiger partial charge on any atom is -0.353 e. The van der Waals surface area contributed by atoms with Crippen molar-refractivity contribution in [3.8, 4) is 11.1 Å². The van der Waals surface area contributed by atoms with Gasteiger partial charge in [0.15, 0.2) is 0 Å². The number of aromatic nitrogens is 1. The molecule has 4 rings (SSSR count). The average molecular weight is 371 g/mol. The second-order valence-corrected chi connectivity index (χ2v) is 7.38. The Kier molecular flexibility index (Phi) is 5.11. The first-order valence-electron chi connectivity index (χ1n) is 9.75. The summed E-state index contributed by atoms with van der Waals surface area (Å²) < 4.78 is 0. The van der Waals surface area contributed by atoms with Crippen molar-refractivity contribution in [3.05, 3.63) is 83.6 Å². The van der Waals surface area contributed by atoms with E-state index in [0.29, 0.717) is 13.1 Å². The van der Waals surface area contributed by atoms with E-state index in [1.54, 1.807) is 0 Å². The van der Waals surface area contributed by atoms with Gasteiger partial charge >= 0.3 is 0 Å². The number of carbonyl (C=O) groups excluding carboxylic acids is 1. The van der Waals surface area contributed by atoms with Crippen LogP contribution in [0, 0.1) is 13.8 Å². The number of nitrogens with zero attached hydrogens (tertiary/aromatic N) is 3. The third kappa shape index (κ3) is 3.77. The first-order valence-corrected chi connectivity index (χ1v) is 9.75. The molecule has 1 aliphatic heterocycles. The van der Waals surface area contributed by atoms with Crippen LogP contribution in [0.15, 0.2) is 66.9 Å². The summed E-state index contributed by atoms with van der Waals surface area (Å²) >= 11 is 0. The van der Waals surface area contributed by atoms with Gasteiger partial charge in [0.2, 0.25) is 0 Å². The first kappa shape index (κ1) is 18.2. The SMILES string of the molecule is Cc1cnc(N2CCN(C(=O)c3ccc(-c4ccccc4)cc3)CC2)c(C)c1. The molecule has 0 atom stereocenters. The van der Waals surface area contributed by atoms with Crippen LogP contribution in [0.3, 0.4) is 0 Å². The van der Waals surface area contributed by atoms with Crippen LogP contribution in [0.4, 0.5) is 5.82 Å². The summed E-state index contributed by atoms with van der Waals surface area (Å²) in [5.41, 5.74) is 5.40. The lowest BCUT2D eigenvalue weighted by Gasteiger charge is -2.36. The summed E-state index contributed by atoms with van der Waals surface area (Å²) in [6, 6.07) is 20.3. The molecular weight excluding hydrogens is 346 g/mol. The number of pyridine rings is 1. The molecule has 1 saturated heterocycles. The quantitative estimate of drug-likeness (QED) is 0.688. The zero-order chi connectivity index (χ0) is 19.5. The molecule has 0 saturated carbocycles. The van der Waals surface area contributed by atoms with E-state index in [4.69, 9.17) is 0 Å². The Balaban J connectivity index is 1.41. The minimum absolute atomic E-state index is 0.104. The van der Waals surface area contributed by atoms with Gasteiger partial charge in [0.1, 0.15) is 5.82 Å². The monoisotopic (exact) mass is 371 g/mol. The molecule has 1 amide bonds. The molecular formula is C24H25N3O. The highest BCUT2D eigenvalue weighted by Gasteiger charge is 2.23. The van der Waals surface area contributed by atoms with Gasteiger partial charge in [-0.3, -0.25) is 4.79 Å². The highest BCUT2D eigenvalue weighted by molar-refractivity contribution is 5.95. The van der Waals surface area contributed by atoms with Crippen molar-refractivity contribution in [3.63, 3.8) is 0 Å². The zero-order valence-corrected chi connectivity index (χ0v) is 16.4. The van der Waals surface area contributed by atoms with Gasteiger partial charge in [-0.1, -0.05) is 48.5 Å². The van der Waals surface area contributed by atoms with E-state index in [1.165, 1.54) is 11.1 Å². The zero-order valence-electron chi connectivity index (χ0n) is 16.4. The minimum atomic E-state index is 0.104. The Labute approximate surface area is 166 Å². The summed E-state index contributed by atoms with van der Waals surface area (Å²) in [6.45, 7) is 7.21. The largest absolute Gasteiger partial charge is 0.353 e. The smallest absolute Gasteiger partial charge is 0.253 e. The predicted molar refractivity (Wildman–Crippen MR) is 114 cm³/mol. The van der Waals surface area contributed by atoms with Gasteiger partial charge in [-0.2, -0.15) is 0 Å². The number of piperazine rings is 1. The summed E-state index contributed by atoms with van der Waals surface area (Å²) in [5, 5.41) is 0. The van der Waals surface area contributed by atoms with Crippen molar-refractivity contribution in [2.75, 3.05) is 31.1 Å². The number of aryl methyl sites for hydroxylation is 2. The van der Waals surface area contributed by atoms with E-state index in [1.807, 2.05) is 53.6 Å². The molecule has 28 heavy (non-hydrogen) atoms. The molecule has 2 heterocycles. The number of rotatable bonds is 3. The lowest BCUT2D eigenvalue weighted by molar-refractivity contribution is 0.0746. The molecule has 4 heteroatoms. The fraction of sp³-hybridized carbons (Fsp3) is 0.250. The number of anilines is 1. The van der Waals surface area contributed by atoms with Crippen molar-refractivity contribution in [1.82, 2.24) is 9.88 Å². The van der Waals surface area contributed by atoms with E-state index in [2.05, 4.69) is 41.9 Å². The van der Waals surface area contributed by atoms with Crippen LogP contribution in [0.25, 0.3) is 11.1 Å². The summed E-state index contributed by atoms with van der Waals surface area (Å²) in [4.78, 5) is 21.7. The third-order valence-electron chi connectivity index (χ3n) is 5.29. The topological polar surface area (TPSA) is 36.4 Å². The van der Waals surface area contributed by atoms with Gasteiger partial charge in [0.05, 0.1) is 0 Å². The van der Waals surface area contributed by atoms with Gasteiger partial charge in [0.25, 0.3) is 5.91 Å². The van der Waals surface area contributed by atoms with E-state index >= 15 is 0 Å². The Morgan fingerprint density at radius 3 is 2.14 bits per heavy atom. The normalized spacial score (nSPS) is 14.2. The van der Waals surface area contributed by atoms with Crippen molar-refractivity contribution in [1.29, 1.82) is 0 Å². The molecule has 0 radical (unpaired) electrons. The second kappa shape index (κ2) is 7.85. The van der Waals surface area contributed by atoms with Crippen LogP contribution in [0.5, 0.6) is 0 Å². The molecule has 1 aromatic heterocycles. The lowest BCUT2D eigenvalue weighted by atomic mass is 10.0. The van der Waals surface area contributed by atoms with Crippen molar-refractivity contribution in [2.45, 2.75) is 13.8 Å². The lowest BCUT2D eigenvalue weighted by Crippen LogP contribution is -2.49. The Bertz CT molecular complexity index is 959. The Morgan fingerprint density at radius 2 is 1.50 bits per heavy atom. The number of amides is 1. The maximum atomic E-state index is 12.9. The first-order chi connectivity index (χ1) is 13.6. The number of hydrogen-bond donors (Lipinski definition) is 0. The van der Waals surface area contributed by atoms with E-state index < -0.39 is 0 Å². The molecule has 0 unspecified atom stereocenters. The summed E-state index contributed by atoms with van der Waals surface area (Å²) in [6.07, 6.45) is 1.91. The molecule has 1 fully saturated rings. The van der Waals surface area contributed by atoms with E-state index in [0.717, 1.165) is 35.6 Å². The molecule has 0 N–H and O–H groups in total. The standard InChI is InChI=1S/C24H25N3O/c1-18-16-19(2)23(25-17-18)26-12-14-27(15-13-26)24(28)22-10-8-21(9-11-22)20-6-4-3-5-7-20/h3-11,16-17H,12-15H2,1-2H3. The van der Waals surface area contributed by atoms with Crippen LogP contribution in [0.2, 0.25) is 0 Å². The summed E-state index contributed by atoms with van der Waals surface area (Å²) in [7, 11) is 0. The van der Waals surface area contributed by atoms with Crippen LogP contribution in [-0.4, -0.2) is 42.0 Å². The molecule has 0 spiro atoms. The average Bonchev–Trinajstić information content (AvgIpc) is 2.74. The number of benzene rings is 2. The second-order valence-electron chi connectivity index (χ2n) is 7.38. The number of hydrogen-bond acceptors (Lipinski definition) is 3. The molecule has 2 aromatic carbocycles. The highest BCUT2D eigenvalue weighted by Crippen LogP contribution is 2.22. The molecule has 142 valence electrons. The summed E-state index contributed by atoms with van der Waals surface area (Å²) in [5.74, 6) is 1.14. The highest BCUT2D eigenvalue weighted by atomic mass is 16.2. The molecule has 4 nitrogen and oxygen atoms in total. The van der Waals surface area contributed by atoms with Crippen molar-refractivity contribution in [2.24, 2.45) is 0 Å². The van der Waals surface area contributed by atoms with Gasteiger partial charge in [0, 0.05) is 37.9 Å². The van der Waals surface area contributed by atoms with Crippen LogP contribution >= 0.6 is 0 Å². The van der Waals surface area contributed by atoms with Crippen molar-refractivity contribution < 1.29 is 4.79 Å². The Morgan fingerprint density at radius 1 is 0.857 bits per heavy atom. The van der Waals surface area contributed by atoms with Gasteiger partial charge in [-0.25, -0.2) is 4.98 Å². The van der Waals surface area contributed by atoms with Gasteiger partial charge in [-0.15, -0.1) is 0 Å². The van der Waals surface area contributed by atoms with Crippen LogP contribution < -0.4 is 4.90 Å². The maximum absolute atomic E-state index is 12.9. The van der Waals surface area contributed by atoms with Crippen LogP contribution in [-0.2, 0) is 0 Å². The maximum Gasteiger partial charge on any atom is 0.253 e. The van der Waals surface area contributed by atoms with Gasteiger partial charge < -0.3 is 9.80 Å². The predicted octanol–water partition coefficient (Wildman–Crippen LogP) is 4.33. The van der Waals surface area contributed by atoms with E-state index in [-0.39, 0.29) is 5.91 Å². The molecule has 0 bridgehead atoms. The third-order valence-corrected chi connectivity index (χ3v) is 5.29. The van der Waals surface area contributed by atoms with Crippen LogP contribution in [0.1, 0.15) is 21.5 Å². The number of carbonyl (C=O) groups is 1. The molecule has 3 aromatic rings. The molecule has 1 aliphatic rings. The fourth-order valence-electron chi connectivity index (χ4n) is 3.78. The van der Waals surface area contributed by atoms with Gasteiger partial charge in [-0.05, 0) is 48.2 Å². The molecule has 0 aliphatic carbocycles.